The summed E-state index contributed by atoms with van der Waals surface area (Å²) in [5, 5.41) is 0. The molecule has 1 heterocycles. The van der Waals surface area contributed by atoms with Gasteiger partial charge in [-0.3, -0.25) is 0 Å². The third-order valence-corrected chi connectivity index (χ3v) is 3.88. The van der Waals surface area contributed by atoms with Crippen LogP contribution in [0, 0.1) is 0 Å². The SMILES string of the molecule is NCCC1(OC2CCCCO2)CCCCC1. The second-order valence-corrected chi connectivity index (χ2v) is 5.20. The van der Waals surface area contributed by atoms with Crippen molar-refractivity contribution in [3.8, 4) is 0 Å². The van der Waals surface area contributed by atoms with E-state index in [2.05, 4.69) is 0 Å². The molecule has 1 aliphatic heterocycles. The van der Waals surface area contributed by atoms with Gasteiger partial charge in [-0.05, 0) is 45.1 Å². The number of hydrogen-bond acceptors (Lipinski definition) is 3. The molecule has 16 heavy (non-hydrogen) atoms. The summed E-state index contributed by atoms with van der Waals surface area (Å²) in [6.45, 7) is 1.59. The Morgan fingerprint density at radius 1 is 1.12 bits per heavy atom. The Labute approximate surface area is 98.7 Å². The van der Waals surface area contributed by atoms with E-state index in [0.29, 0.717) is 0 Å². The second kappa shape index (κ2) is 5.99. The largest absolute Gasteiger partial charge is 0.353 e. The van der Waals surface area contributed by atoms with Crippen LogP contribution in [0.5, 0.6) is 0 Å². The Morgan fingerprint density at radius 3 is 2.56 bits per heavy atom. The molecule has 1 saturated heterocycles. The van der Waals surface area contributed by atoms with E-state index in [1.54, 1.807) is 0 Å². The molecule has 1 saturated carbocycles. The molecule has 2 fully saturated rings. The topological polar surface area (TPSA) is 44.5 Å². The van der Waals surface area contributed by atoms with Crippen LogP contribution in [0.3, 0.4) is 0 Å². The second-order valence-electron chi connectivity index (χ2n) is 5.20. The average molecular weight is 227 g/mol. The van der Waals surface area contributed by atoms with Crippen molar-refractivity contribution >= 4 is 0 Å². The van der Waals surface area contributed by atoms with E-state index >= 15 is 0 Å². The van der Waals surface area contributed by atoms with Gasteiger partial charge >= 0.3 is 0 Å². The van der Waals surface area contributed by atoms with Gasteiger partial charge in [-0.15, -0.1) is 0 Å². The molecule has 0 aromatic rings. The van der Waals surface area contributed by atoms with E-state index in [4.69, 9.17) is 15.2 Å². The number of rotatable bonds is 4. The van der Waals surface area contributed by atoms with Gasteiger partial charge in [0.05, 0.1) is 5.60 Å². The van der Waals surface area contributed by atoms with Gasteiger partial charge < -0.3 is 15.2 Å². The number of hydrogen-bond donors (Lipinski definition) is 1. The first kappa shape index (κ1) is 12.3. The molecular weight excluding hydrogens is 202 g/mol. The molecule has 0 aromatic heterocycles. The van der Waals surface area contributed by atoms with Gasteiger partial charge in [0, 0.05) is 6.61 Å². The first-order valence-electron chi connectivity index (χ1n) is 6.84. The predicted octanol–water partition coefficient (Wildman–Crippen LogP) is 2.58. The zero-order valence-corrected chi connectivity index (χ0v) is 10.2. The van der Waals surface area contributed by atoms with Gasteiger partial charge in [0.1, 0.15) is 0 Å². The zero-order valence-electron chi connectivity index (χ0n) is 10.2. The van der Waals surface area contributed by atoms with Crippen LogP contribution in [0.1, 0.15) is 57.8 Å². The monoisotopic (exact) mass is 227 g/mol. The summed E-state index contributed by atoms with van der Waals surface area (Å²) in [6, 6.07) is 0. The van der Waals surface area contributed by atoms with E-state index in [1.165, 1.54) is 44.9 Å². The lowest BCUT2D eigenvalue weighted by atomic mass is 9.82. The van der Waals surface area contributed by atoms with Crippen LogP contribution in [-0.4, -0.2) is 25.0 Å². The van der Waals surface area contributed by atoms with Gasteiger partial charge in [0.15, 0.2) is 6.29 Å². The highest BCUT2D eigenvalue weighted by Gasteiger charge is 2.35. The third kappa shape index (κ3) is 3.19. The summed E-state index contributed by atoms with van der Waals surface area (Å²) in [4.78, 5) is 0. The summed E-state index contributed by atoms with van der Waals surface area (Å²) in [5.74, 6) is 0. The minimum Gasteiger partial charge on any atom is -0.353 e. The van der Waals surface area contributed by atoms with Crippen molar-refractivity contribution in [1.82, 2.24) is 0 Å². The van der Waals surface area contributed by atoms with E-state index in [-0.39, 0.29) is 11.9 Å². The highest BCUT2D eigenvalue weighted by atomic mass is 16.7. The summed E-state index contributed by atoms with van der Waals surface area (Å²) in [6.07, 6.45) is 10.8. The summed E-state index contributed by atoms with van der Waals surface area (Å²) >= 11 is 0. The van der Waals surface area contributed by atoms with Crippen molar-refractivity contribution in [1.29, 1.82) is 0 Å². The van der Waals surface area contributed by atoms with Crippen molar-refractivity contribution in [2.75, 3.05) is 13.2 Å². The molecule has 0 spiro atoms. The Kier molecular flexibility index (Phi) is 4.62. The molecule has 1 unspecified atom stereocenters. The van der Waals surface area contributed by atoms with E-state index in [0.717, 1.165) is 26.0 Å². The minimum atomic E-state index is 0.0367. The molecule has 2 rings (SSSR count). The molecule has 2 N–H and O–H groups in total. The molecule has 94 valence electrons. The van der Waals surface area contributed by atoms with Crippen LogP contribution in [0.2, 0.25) is 0 Å². The van der Waals surface area contributed by atoms with Crippen molar-refractivity contribution in [3.05, 3.63) is 0 Å². The number of nitrogens with two attached hydrogens (primary N) is 1. The average Bonchev–Trinajstić information content (AvgIpc) is 2.31. The molecule has 3 heteroatoms. The fourth-order valence-electron chi connectivity index (χ4n) is 2.97. The molecule has 3 nitrogen and oxygen atoms in total. The Morgan fingerprint density at radius 2 is 1.94 bits per heavy atom. The minimum absolute atomic E-state index is 0.0367. The standard InChI is InChI=1S/C13H25NO2/c14-10-9-13(7-3-1-4-8-13)16-12-6-2-5-11-15-12/h12H,1-11,14H2. The lowest BCUT2D eigenvalue weighted by Crippen LogP contribution is -2.42. The first-order valence-corrected chi connectivity index (χ1v) is 6.84. The molecule has 2 aliphatic rings. The van der Waals surface area contributed by atoms with Crippen molar-refractivity contribution in [2.24, 2.45) is 5.73 Å². The van der Waals surface area contributed by atoms with Gasteiger partial charge in [0.25, 0.3) is 0 Å². The van der Waals surface area contributed by atoms with Gasteiger partial charge in [0.2, 0.25) is 0 Å². The van der Waals surface area contributed by atoms with Crippen LogP contribution < -0.4 is 5.73 Å². The van der Waals surface area contributed by atoms with Crippen molar-refractivity contribution in [3.63, 3.8) is 0 Å². The van der Waals surface area contributed by atoms with Crippen molar-refractivity contribution < 1.29 is 9.47 Å². The summed E-state index contributed by atoms with van der Waals surface area (Å²) < 4.78 is 11.9. The van der Waals surface area contributed by atoms with Crippen LogP contribution >= 0.6 is 0 Å². The molecule has 0 aromatic carbocycles. The molecule has 1 aliphatic carbocycles. The van der Waals surface area contributed by atoms with E-state index in [9.17, 15) is 0 Å². The molecule has 1 atom stereocenters. The van der Waals surface area contributed by atoms with Gasteiger partial charge in [-0.1, -0.05) is 19.3 Å². The third-order valence-electron chi connectivity index (χ3n) is 3.88. The quantitative estimate of drug-likeness (QED) is 0.803. The van der Waals surface area contributed by atoms with E-state index in [1.807, 2.05) is 0 Å². The molecule has 0 bridgehead atoms. The highest BCUT2D eigenvalue weighted by Crippen LogP contribution is 2.36. The number of ether oxygens (including phenoxy) is 2. The fraction of sp³-hybridized carbons (Fsp3) is 1.00. The van der Waals surface area contributed by atoms with Crippen molar-refractivity contribution in [2.45, 2.75) is 69.7 Å². The van der Waals surface area contributed by atoms with Crippen LogP contribution in [-0.2, 0) is 9.47 Å². The Bertz CT molecular complexity index is 191. The maximum absolute atomic E-state index is 6.26. The van der Waals surface area contributed by atoms with Crippen LogP contribution in [0.25, 0.3) is 0 Å². The normalized spacial score (nSPS) is 30.2. The molecule has 0 amide bonds. The first-order chi connectivity index (χ1) is 7.85. The summed E-state index contributed by atoms with van der Waals surface area (Å²) in [5.41, 5.74) is 5.77. The van der Waals surface area contributed by atoms with Gasteiger partial charge in [-0.2, -0.15) is 0 Å². The fourth-order valence-corrected chi connectivity index (χ4v) is 2.97. The summed E-state index contributed by atoms with van der Waals surface area (Å²) in [7, 11) is 0. The van der Waals surface area contributed by atoms with E-state index < -0.39 is 0 Å². The Hall–Kier alpha value is -0.120. The van der Waals surface area contributed by atoms with Gasteiger partial charge in [-0.25, -0.2) is 0 Å². The highest BCUT2D eigenvalue weighted by molar-refractivity contribution is 4.85. The molecule has 0 radical (unpaired) electrons. The van der Waals surface area contributed by atoms with Crippen LogP contribution in [0.4, 0.5) is 0 Å². The maximum atomic E-state index is 6.26. The predicted molar refractivity (Wildman–Crippen MR) is 64.2 cm³/mol. The van der Waals surface area contributed by atoms with Crippen LogP contribution in [0.15, 0.2) is 0 Å². The Balaban J connectivity index is 1.89. The lowest BCUT2D eigenvalue weighted by molar-refractivity contribution is -0.234. The smallest absolute Gasteiger partial charge is 0.158 e. The maximum Gasteiger partial charge on any atom is 0.158 e. The molecular formula is C13H25NO2. The zero-order chi connectivity index (χ0) is 11.3. The lowest BCUT2D eigenvalue weighted by Gasteiger charge is -2.40.